The van der Waals surface area contributed by atoms with Crippen molar-refractivity contribution in [2.24, 2.45) is 7.05 Å². The molecule has 0 fully saturated rings. The summed E-state index contributed by atoms with van der Waals surface area (Å²) in [6.07, 6.45) is 2.58. The van der Waals surface area contributed by atoms with Gasteiger partial charge < -0.3 is 10.4 Å². The number of carbonyl (C=O) groups excluding carboxylic acids is 1. The van der Waals surface area contributed by atoms with Crippen molar-refractivity contribution in [2.45, 2.75) is 4.90 Å². The Balaban J connectivity index is 2.08. The van der Waals surface area contributed by atoms with Crippen LogP contribution in [-0.2, 0) is 21.9 Å². The highest BCUT2D eigenvalue weighted by Gasteiger charge is 2.16. The molecule has 122 valence electrons. The largest absolute Gasteiger partial charge is 0.480 e. The van der Waals surface area contributed by atoms with Crippen molar-refractivity contribution in [1.29, 1.82) is 0 Å². The first-order valence-electron chi connectivity index (χ1n) is 6.39. The van der Waals surface area contributed by atoms with Gasteiger partial charge in [-0.05, 0) is 24.3 Å². The number of carboxylic acids is 1. The normalized spacial score (nSPS) is 11.0. The zero-order valence-electron chi connectivity index (χ0n) is 12.1. The highest BCUT2D eigenvalue weighted by Crippen LogP contribution is 2.16. The number of rotatable bonds is 6. The molecule has 2 aromatic rings. The van der Waals surface area contributed by atoms with E-state index in [1.54, 1.807) is 7.05 Å². The third kappa shape index (κ3) is 4.30. The number of amides is 1. The highest BCUT2D eigenvalue weighted by atomic mass is 32.2. The molecule has 9 nitrogen and oxygen atoms in total. The molecule has 2 rings (SSSR count). The fraction of sp³-hybridized carbons (Fsp3) is 0.154. The van der Waals surface area contributed by atoms with Crippen molar-refractivity contribution >= 4 is 27.6 Å². The molecule has 1 aromatic heterocycles. The van der Waals surface area contributed by atoms with E-state index in [4.69, 9.17) is 5.11 Å². The fourth-order valence-corrected chi connectivity index (χ4v) is 2.74. The maximum Gasteiger partial charge on any atom is 0.322 e. The SMILES string of the molecule is Cn1cc(S(=O)(=O)Nc2ccc(C(=O)NCC(=O)O)cc2)cn1. The van der Waals surface area contributed by atoms with Gasteiger partial charge in [0.25, 0.3) is 15.9 Å². The number of carboxylic acid groups (broad SMARTS) is 1. The van der Waals surface area contributed by atoms with E-state index >= 15 is 0 Å². The van der Waals surface area contributed by atoms with E-state index in [1.807, 2.05) is 0 Å². The first kappa shape index (κ1) is 16.5. The Kier molecular flexibility index (Phi) is 4.65. The summed E-state index contributed by atoms with van der Waals surface area (Å²) in [5, 5.41) is 14.5. The van der Waals surface area contributed by atoms with Crippen LogP contribution in [0, 0.1) is 0 Å². The van der Waals surface area contributed by atoms with Crippen molar-refractivity contribution in [3.63, 3.8) is 0 Å². The molecule has 23 heavy (non-hydrogen) atoms. The molecule has 0 aliphatic heterocycles. The summed E-state index contributed by atoms with van der Waals surface area (Å²) in [5.74, 6) is -1.71. The van der Waals surface area contributed by atoms with Crippen molar-refractivity contribution in [1.82, 2.24) is 15.1 Å². The average Bonchev–Trinajstić information content (AvgIpc) is 2.92. The second kappa shape index (κ2) is 6.48. The third-order valence-electron chi connectivity index (χ3n) is 2.79. The van der Waals surface area contributed by atoms with Crippen molar-refractivity contribution in [3.8, 4) is 0 Å². The number of hydrogen-bond acceptors (Lipinski definition) is 5. The minimum Gasteiger partial charge on any atom is -0.480 e. The molecule has 10 heteroatoms. The molecule has 0 saturated heterocycles. The number of nitrogens with zero attached hydrogens (tertiary/aromatic N) is 2. The lowest BCUT2D eigenvalue weighted by Gasteiger charge is -2.07. The van der Waals surface area contributed by atoms with Crippen LogP contribution in [0.2, 0.25) is 0 Å². The van der Waals surface area contributed by atoms with E-state index in [0.717, 1.165) is 0 Å². The number of hydrogen-bond donors (Lipinski definition) is 3. The van der Waals surface area contributed by atoms with Gasteiger partial charge >= 0.3 is 5.97 Å². The molecule has 0 atom stereocenters. The number of anilines is 1. The second-order valence-electron chi connectivity index (χ2n) is 4.61. The first-order chi connectivity index (χ1) is 10.8. The third-order valence-corrected chi connectivity index (χ3v) is 4.13. The molecule has 0 bridgehead atoms. The van der Waals surface area contributed by atoms with Gasteiger partial charge in [-0.1, -0.05) is 0 Å². The summed E-state index contributed by atoms with van der Waals surface area (Å²) in [6.45, 7) is -0.492. The summed E-state index contributed by atoms with van der Waals surface area (Å²) in [6, 6.07) is 5.59. The van der Waals surface area contributed by atoms with Gasteiger partial charge in [0.15, 0.2) is 0 Å². The summed E-state index contributed by atoms with van der Waals surface area (Å²) in [7, 11) is -2.16. The lowest BCUT2D eigenvalue weighted by molar-refractivity contribution is -0.135. The zero-order valence-corrected chi connectivity index (χ0v) is 12.9. The topological polar surface area (TPSA) is 130 Å². The van der Waals surface area contributed by atoms with E-state index in [0.29, 0.717) is 0 Å². The number of sulfonamides is 1. The zero-order chi connectivity index (χ0) is 17.0. The van der Waals surface area contributed by atoms with Crippen molar-refractivity contribution in [2.75, 3.05) is 11.3 Å². The maximum atomic E-state index is 12.1. The predicted molar refractivity (Wildman–Crippen MR) is 80.4 cm³/mol. The number of aryl methyl sites for hydroxylation is 1. The summed E-state index contributed by atoms with van der Waals surface area (Å²) in [5.41, 5.74) is 0.485. The van der Waals surface area contributed by atoms with Crippen LogP contribution in [0.15, 0.2) is 41.6 Å². The quantitative estimate of drug-likeness (QED) is 0.681. The van der Waals surface area contributed by atoms with Gasteiger partial charge in [-0.15, -0.1) is 0 Å². The van der Waals surface area contributed by atoms with Gasteiger partial charge in [0.05, 0.1) is 6.20 Å². The highest BCUT2D eigenvalue weighted by molar-refractivity contribution is 7.92. The van der Waals surface area contributed by atoms with Crippen LogP contribution >= 0.6 is 0 Å². The predicted octanol–water partition coefficient (Wildman–Crippen LogP) is 0.0353. The number of aromatic nitrogens is 2. The lowest BCUT2D eigenvalue weighted by Crippen LogP contribution is -2.29. The van der Waals surface area contributed by atoms with E-state index < -0.39 is 28.4 Å². The fourth-order valence-electron chi connectivity index (χ4n) is 1.70. The Labute approximate surface area is 132 Å². The van der Waals surface area contributed by atoms with Gasteiger partial charge in [0, 0.05) is 24.5 Å². The Morgan fingerprint density at radius 3 is 2.43 bits per heavy atom. The first-order valence-corrected chi connectivity index (χ1v) is 7.88. The number of nitrogens with one attached hydrogen (secondary N) is 2. The monoisotopic (exact) mass is 338 g/mol. The number of aliphatic carboxylic acids is 1. The minimum absolute atomic E-state index is 0.0169. The molecule has 0 radical (unpaired) electrons. The molecule has 0 unspecified atom stereocenters. The molecule has 0 spiro atoms. The summed E-state index contributed by atoms with van der Waals surface area (Å²) < 4.78 is 27.9. The van der Waals surface area contributed by atoms with Crippen LogP contribution in [0.3, 0.4) is 0 Å². The average molecular weight is 338 g/mol. The molecule has 1 heterocycles. The maximum absolute atomic E-state index is 12.1. The molecule has 3 N–H and O–H groups in total. The van der Waals surface area contributed by atoms with E-state index in [-0.39, 0.29) is 16.1 Å². The smallest absolute Gasteiger partial charge is 0.322 e. The number of carbonyl (C=O) groups is 2. The standard InChI is InChI=1S/C13H14N4O5S/c1-17-8-11(6-15-17)23(21,22)16-10-4-2-9(3-5-10)13(20)14-7-12(18)19/h2-6,8,16H,7H2,1H3,(H,14,20)(H,18,19). The van der Waals surface area contributed by atoms with Crippen LogP contribution < -0.4 is 10.0 Å². The Morgan fingerprint density at radius 2 is 1.91 bits per heavy atom. The van der Waals surface area contributed by atoms with Gasteiger partial charge in [0.2, 0.25) is 0 Å². The second-order valence-corrected chi connectivity index (χ2v) is 6.29. The van der Waals surface area contributed by atoms with E-state index in [9.17, 15) is 18.0 Å². The Morgan fingerprint density at radius 1 is 1.26 bits per heavy atom. The van der Waals surface area contributed by atoms with Crippen molar-refractivity contribution < 1.29 is 23.1 Å². The van der Waals surface area contributed by atoms with Crippen LogP contribution in [0.5, 0.6) is 0 Å². The molecular weight excluding hydrogens is 324 g/mol. The van der Waals surface area contributed by atoms with E-state index in [2.05, 4.69) is 15.1 Å². The van der Waals surface area contributed by atoms with Crippen LogP contribution in [-0.4, -0.2) is 41.7 Å². The van der Waals surface area contributed by atoms with Gasteiger partial charge in [-0.25, -0.2) is 8.42 Å². The lowest BCUT2D eigenvalue weighted by atomic mass is 10.2. The van der Waals surface area contributed by atoms with Crippen LogP contribution in [0.1, 0.15) is 10.4 Å². The molecule has 0 aliphatic rings. The summed E-state index contributed by atoms with van der Waals surface area (Å²) >= 11 is 0. The van der Waals surface area contributed by atoms with Gasteiger partial charge in [0.1, 0.15) is 11.4 Å². The molecule has 0 aliphatic carbocycles. The Hall–Kier alpha value is -2.88. The van der Waals surface area contributed by atoms with E-state index in [1.165, 1.54) is 41.3 Å². The van der Waals surface area contributed by atoms with Gasteiger partial charge in [-0.3, -0.25) is 19.0 Å². The molecule has 0 saturated carbocycles. The summed E-state index contributed by atoms with van der Waals surface area (Å²) in [4.78, 5) is 22.0. The number of benzene rings is 1. The molecule has 1 aromatic carbocycles. The van der Waals surface area contributed by atoms with Crippen LogP contribution in [0.4, 0.5) is 5.69 Å². The van der Waals surface area contributed by atoms with Crippen molar-refractivity contribution in [3.05, 3.63) is 42.2 Å². The molecule has 1 amide bonds. The molecular formula is C13H14N4O5S. The minimum atomic E-state index is -3.76. The Bertz CT molecular complexity index is 826. The van der Waals surface area contributed by atoms with Crippen LogP contribution in [0.25, 0.3) is 0 Å². The van der Waals surface area contributed by atoms with Gasteiger partial charge in [-0.2, -0.15) is 5.10 Å².